The highest BCUT2D eigenvalue weighted by Crippen LogP contribution is 2.31. The van der Waals surface area contributed by atoms with Gasteiger partial charge in [0.15, 0.2) is 0 Å². The SMILES string of the molecule is NCCc1cccc(N2CC3CC(C2)O3)c1. The topological polar surface area (TPSA) is 38.5 Å². The van der Waals surface area contributed by atoms with Crippen LogP contribution in [-0.2, 0) is 11.2 Å². The van der Waals surface area contributed by atoms with Crippen molar-refractivity contribution < 1.29 is 4.74 Å². The maximum atomic E-state index is 5.64. The third-order valence-corrected chi connectivity index (χ3v) is 3.47. The molecule has 1 aromatic rings. The van der Waals surface area contributed by atoms with E-state index in [4.69, 9.17) is 10.5 Å². The van der Waals surface area contributed by atoms with Crippen molar-refractivity contribution in [3.8, 4) is 0 Å². The molecule has 2 atom stereocenters. The molecule has 0 amide bonds. The number of piperidine rings is 1. The lowest BCUT2D eigenvalue weighted by Crippen LogP contribution is -2.57. The molecule has 2 unspecified atom stereocenters. The Morgan fingerprint density at radius 2 is 2.06 bits per heavy atom. The molecule has 0 spiro atoms. The second-order valence-corrected chi connectivity index (χ2v) is 4.73. The molecule has 2 bridgehead atoms. The van der Waals surface area contributed by atoms with Gasteiger partial charge in [0, 0.05) is 25.2 Å². The van der Waals surface area contributed by atoms with Crippen LogP contribution in [0.3, 0.4) is 0 Å². The number of ether oxygens (including phenoxy) is 1. The fourth-order valence-corrected chi connectivity index (χ4v) is 2.64. The van der Waals surface area contributed by atoms with Crippen molar-refractivity contribution in [2.75, 3.05) is 24.5 Å². The predicted octanol–water partition coefficient (Wildman–Crippen LogP) is 1.17. The van der Waals surface area contributed by atoms with Crippen molar-refractivity contribution in [2.45, 2.75) is 25.0 Å². The summed E-state index contributed by atoms with van der Waals surface area (Å²) in [5, 5.41) is 0. The van der Waals surface area contributed by atoms with Crippen molar-refractivity contribution >= 4 is 5.69 Å². The first kappa shape index (κ1) is 10.1. The molecule has 4 rings (SSSR count). The number of benzene rings is 1. The average Bonchev–Trinajstić information content (AvgIpc) is 2.29. The highest BCUT2D eigenvalue weighted by Gasteiger charge is 2.38. The summed E-state index contributed by atoms with van der Waals surface area (Å²) in [6, 6.07) is 8.72. The molecule has 3 nitrogen and oxygen atoms in total. The summed E-state index contributed by atoms with van der Waals surface area (Å²) >= 11 is 0. The van der Waals surface area contributed by atoms with Crippen LogP contribution in [0.25, 0.3) is 0 Å². The first-order valence-corrected chi connectivity index (χ1v) is 6.04. The van der Waals surface area contributed by atoms with Crippen molar-refractivity contribution in [2.24, 2.45) is 5.73 Å². The highest BCUT2D eigenvalue weighted by molar-refractivity contribution is 5.50. The van der Waals surface area contributed by atoms with E-state index in [9.17, 15) is 0 Å². The molecule has 3 heterocycles. The van der Waals surface area contributed by atoms with Crippen molar-refractivity contribution in [1.82, 2.24) is 0 Å². The average molecular weight is 218 g/mol. The summed E-state index contributed by atoms with van der Waals surface area (Å²) in [5.74, 6) is 0. The van der Waals surface area contributed by atoms with Crippen LogP contribution in [0, 0.1) is 0 Å². The van der Waals surface area contributed by atoms with E-state index in [0.29, 0.717) is 12.2 Å². The van der Waals surface area contributed by atoms with E-state index in [1.807, 2.05) is 0 Å². The number of hydrogen-bond acceptors (Lipinski definition) is 3. The van der Waals surface area contributed by atoms with Crippen LogP contribution in [0.5, 0.6) is 0 Å². The Bertz CT molecular complexity index is 364. The van der Waals surface area contributed by atoms with Gasteiger partial charge in [-0.2, -0.15) is 0 Å². The second kappa shape index (κ2) is 4.07. The second-order valence-electron chi connectivity index (χ2n) is 4.73. The zero-order valence-electron chi connectivity index (χ0n) is 9.43. The van der Waals surface area contributed by atoms with Crippen LogP contribution in [0.4, 0.5) is 5.69 Å². The van der Waals surface area contributed by atoms with Crippen LogP contribution >= 0.6 is 0 Å². The predicted molar refractivity (Wildman–Crippen MR) is 64.7 cm³/mol. The smallest absolute Gasteiger partial charge is 0.0780 e. The van der Waals surface area contributed by atoms with E-state index in [-0.39, 0.29) is 0 Å². The van der Waals surface area contributed by atoms with E-state index >= 15 is 0 Å². The Morgan fingerprint density at radius 1 is 1.31 bits per heavy atom. The molecule has 3 saturated heterocycles. The van der Waals surface area contributed by atoms with Gasteiger partial charge in [0.05, 0.1) is 12.2 Å². The van der Waals surface area contributed by atoms with Crippen molar-refractivity contribution in [1.29, 1.82) is 0 Å². The molecular weight excluding hydrogens is 200 g/mol. The van der Waals surface area contributed by atoms with Gasteiger partial charge in [-0.1, -0.05) is 12.1 Å². The van der Waals surface area contributed by atoms with Crippen LogP contribution in [0.2, 0.25) is 0 Å². The summed E-state index contributed by atoms with van der Waals surface area (Å²) in [6.07, 6.45) is 3.15. The molecule has 0 aromatic heterocycles. The normalized spacial score (nSPS) is 27.7. The van der Waals surface area contributed by atoms with E-state index < -0.39 is 0 Å². The molecule has 1 aromatic carbocycles. The lowest BCUT2D eigenvalue weighted by atomic mass is 9.98. The molecule has 3 fully saturated rings. The standard InChI is InChI=1S/C13H18N2O/c14-5-4-10-2-1-3-11(6-10)15-8-12-7-13(9-15)16-12/h1-3,6,12-13H,4-5,7-9,14H2. The Balaban J connectivity index is 1.75. The van der Waals surface area contributed by atoms with Gasteiger partial charge in [-0.15, -0.1) is 0 Å². The van der Waals surface area contributed by atoms with Crippen LogP contribution in [0.15, 0.2) is 24.3 Å². The summed E-state index contributed by atoms with van der Waals surface area (Å²) < 4.78 is 5.64. The van der Waals surface area contributed by atoms with E-state index in [1.165, 1.54) is 17.7 Å². The molecule has 3 aliphatic heterocycles. The number of morpholine rings is 1. The van der Waals surface area contributed by atoms with Gasteiger partial charge in [0.25, 0.3) is 0 Å². The van der Waals surface area contributed by atoms with E-state index in [1.54, 1.807) is 0 Å². The third-order valence-electron chi connectivity index (χ3n) is 3.47. The third kappa shape index (κ3) is 1.81. The molecular formula is C13H18N2O. The van der Waals surface area contributed by atoms with Gasteiger partial charge >= 0.3 is 0 Å². The van der Waals surface area contributed by atoms with Crippen LogP contribution in [-0.4, -0.2) is 31.8 Å². The number of hydrogen-bond donors (Lipinski definition) is 1. The highest BCUT2D eigenvalue weighted by atomic mass is 16.5. The van der Waals surface area contributed by atoms with Crippen molar-refractivity contribution in [3.63, 3.8) is 0 Å². The number of nitrogens with two attached hydrogens (primary N) is 1. The monoisotopic (exact) mass is 218 g/mol. The minimum absolute atomic E-state index is 0.469. The number of nitrogens with zero attached hydrogens (tertiary/aromatic N) is 1. The largest absolute Gasteiger partial charge is 0.371 e. The summed E-state index contributed by atoms with van der Waals surface area (Å²) in [6.45, 7) is 2.81. The summed E-state index contributed by atoms with van der Waals surface area (Å²) in [7, 11) is 0. The van der Waals surface area contributed by atoms with Gasteiger partial charge in [-0.25, -0.2) is 0 Å². The van der Waals surface area contributed by atoms with Gasteiger partial charge in [-0.3, -0.25) is 0 Å². The molecule has 0 aliphatic carbocycles. The Morgan fingerprint density at radius 3 is 2.75 bits per heavy atom. The van der Waals surface area contributed by atoms with Gasteiger partial charge in [0.2, 0.25) is 0 Å². The maximum absolute atomic E-state index is 5.64. The fraction of sp³-hybridized carbons (Fsp3) is 0.538. The zero-order chi connectivity index (χ0) is 11.0. The number of fused-ring (bicyclic) bond motifs is 2. The van der Waals surface area contributed by atoms with E-state index in [2.05, 4.69) is 29.2 Å². The molecule has 0 radical (unpaired) electrons. The minimum Gasteiger partial charge on any atom is -0.371 e. The number of anilines is 1. The Hall–Kier alpha value is -1.06. The number of rotatable bonds is 3. The molecule has 86 valence electrons. The Kier molecular flexibility index (Phi) is 2.58. The maximum Gasteiger partial charge on any atom is 0.0780 e. The minimum atomic E-state index is 0.469. The van der Waals surface area contributed by atoms with Crippen LogP contribution < -0.4 is 10.6 Å². The first-order valence-electron chi connectivity index (χ1n) is 6.04. The molecule has 3 heteroatoms. The van der Waals surface area contributed by atoms with Gasteiger partial charge in [0.1, 0.15) is 0 Å². The molecule has 2 N–H and O–H groups in total. The van der Waals surface area contributed by atoms with Gasteiger partial charge < -0.3 is 15.4 Å². The molecule has 3 aliphatic rings. The molecule has 16 heavy (non-hydrogen) atoms. The Labute approximate surface area is 96.2 Å². The lowest BCUT2D eigenvalue weighted by Gasteiger charge is -2.48. The first-order chi connectivity index (χ1) is 7.85. The molecule has 0 saturated carbocycles. The summed E-state index contributed by atoms with van der Waals surface area (Å²) in [5.41, 5.74) is 8.24. The lowest BCUT2D eigenvalue weighted by molar-refractivity contribution is -0.133. The zero-order valence-corrected chi connectivity index (χ0v) is 9.43. The van der Waals surface area contributed by atoms with Crippen molar-refractivity contribution in [3.05, 3.63) is 29.8 Å². The quantitative estimate of drug-likeness (QED) is 0.827. The van der Waals surface area contributed by atoms with Crippen LogP contribution in [0.1, 0.15) is 12.0 Å². The fourth-order valence-electron chi connectivity index (χ4n) is 2.64. The van der Waals surface area contributed by atoms with E-state index in [0.717, 1.165) is 26.1 Å². The summed E-state index contributed by atoms with van der Waals surface area (Å²) in [4.78, 5) is 2.43. The van der Waals surface area contributed by atoms with Gasteiger partial charge in [-0.05, 0) is 30.7 Å².